The first-order valence-corrected chi connectivity index (χ1v) is 11.9. The second kappa shape index (κ2) is 8.38. The maximum atomic E-state index is 13.0. The van der Waals surface area contributed by atoms with Gasteiger partial charge >= 0.3 is 0 Å². The van der Waals surface area contributed by atoms with E-state index in [1.165, 1.54) is 37.8 Å². The monoisotopic (exact) mass is 430 g/mol. The van der Waals surface area contributed by atoms with E-state index in [4.69, 9.17) is 0 Å². The van der Waals surface area contributed by atoms with E-state index >= 15 is 0 Å². The number of rotatable bonds is 7. The number of hydrogen-bond donors (Lipinski definition) is 2. The Bertz CT molecular complexity index is 1010. The second-order valence-electron chi connectivity index (χ2n) is 8.63. The van der Waals surface area contributed by atoms with Gasteiger partial charge in [-0.1, -0.05) is 18.6 Å². The number of halogens is 1. The van der Waals surface area contributed by atoms with Crippen LogP contribution in [0.5, 0.6) is 0 Å². The summed E-state index contributed by atoms with van der Waals surface area (Å²) in [5.41, 5.74) is 1.20. The molecule has 160 valence electrons. The van der Waals surface area contributed by atoms with Gasteiger partial charge in [0.1, 0.15) is 5.82 Å². The maximum absolute atomic E-state index is 13.0. The van der Waals surface area contributed by atoms with Crippen molar-refractivity contribution >= 4 is 21.6 Å². The van der Waals surface area contributed by atoms with Gasteiger partial charge in [0, 0.05) is 11.7 Å². The Balaban J connectivity index is 1.32. The minimum Gasteiger partial charge on any atom is -0.353 e. The number of fused-ring (bicyclic) bond motifs is 2. The lowest BCUT2D eigenvalue weighted by Crippen LogP contribution is -2.40. The number of carbonyl (C=O) groups excluding carboxylic acids is 1. The van der Waals surface area contributed by atoms with Crippen LogP contribution < -0.4 is 10.0 Å². The Labute approximate surface area is 177 Å². The van der Waals surface area contributed by atoms with Crippen LogP contribution in [-0.4, -0.2) is 20.4 Å². The maximum Gasteiger partial charge on any atom is 0.261 e. The number of benzene rings is 2. The van der Waals surface area contributed by atoms with Crippen molar-refractivity contribution in [3.63, 3.8) is 0 Å². The number of nitrogens with one attached hydrogen (secondary N) is 2. The molecule has 30 heavy (non-hydrogen) atoms. The molecule has 0 aromatic heterocycles. The Morgan fingerprint density at radius 3 is 2.37 bits per heavy atom. The van der Waals surface area contributed by atoms with Crippen molar-refractivity contribution in [1.82, 2.24) is 5.32 Å². The number of sulfonamides is 1. The van der Waals surface area contributed by atoms with Crippen molar-refractivity contribution in [2.24, 2.45) is 17.8 Å². The third-order valence-electron chi connectivity index (χ3n) is 6.52. The van der Waals surface area contributed by atoms with E-state index in [1.807, 2.05) is 0 Å². The summed E-state index contributed by atoms with van der Waals surface area (Å²) in [7, 11) is -3.79. The molecule has 1 amide bonds. The van der Waals surface area contributed by atoms with Gasteiger partial charge in [0.05, 0.1) is 11.3 Å². The van der Waals surface area contributed by atoms with Gasteiger partial charge in [0.2, 0.25) is 5.91 Å². The molecule has 4 atom stereocenters. The van der Waals surface area contributed by atoms with Crippen LogP contribution in [0.2, 0.25) is 0 Å². The van der Waals surface area contributed by atoms with Crippen LogP contribution in [0.3, 0.4) is 0 Å². The Hall–Kier alpha value is -2.41. The van der Waals surface area contributed by atoms with E-state index in [0.29, 0.717) is 11.6 Å². The van der Waals surface area contributed by atoms with Crippen LogP contribution in [0.4, 0.5) is 10.1 Å². The normalized spacial score (nSPS) is 23.9. The fraction of sp³-hybridized carbons (Fsp3) is 0.435. The molecule has 2 aliphatic carbocycles. The molecular weight excluding hydrogens is 403 g/mol. The number of hydrogen-bond acceptors (Lipinski definition) is 3. The third kappa shape index (κ3) is 4.67. The summed E-state index contributed by atoms with van der Waals surface area (Å²) in [5.74, 6) is 1.71. The zero-order valence-corrected chi connectivity index (χ0v) is 17.8. The van der Waals surface area contributed by atoms with Crippen molar-refractivity contribution in [2.45, 2.75) is 50.0 Å². The molecule has 2 aromatic carbocycles. The zero-order valence-electron chi connectivity index (χ0n) is 17.0. The minimum absolute atomic E-state index is 0.00934. The third-order valence-corrected chi connectivity index (χ3v) is 7.92. The van der Waals surface area contributed by atoms with E-state index < -0.39 is 15.8 Å². The van der Waals surface area contributed by atoms with Crippen LogP contribution in [-0.2, 0) is 21.2 Å². The van der Waals surface area contributed by atoms with Gasteiger partial charge < -0.3 is 5.32 Å². The van der Waals surface area contributed by atoms with Crippen molar-refractivity contribution in [3.05, 3.63) is 59.9 Å². The summed E-state index contributed by atoms with van der Waals surface area (Å²) in [6, 6.07) is 11.6. The standard InChI is InChI=1S/C23H27FN2O3S/c1-15(22-13-17-2-5-18(22)12-17)25-23(27)14-16-3-8-20(9-4-16)26-30(28,29)21-10-6-19(24)7-11-21/h3-4,6-11,15,17-18,22,26H,2,5,12-14H2,1H3,(H,25,27)/t15-,17+,18+,22-/m0/s1. The van der Waals surface area contributed by atoms with Gasteiger partial charge in [0.15, 0.2) is 0 Å². The van der Waals surface area contributed by atoms with Gasteiger partial charge in [-0.3, -0.25) is 9.52 Å². The first-order valence-electron chi connectivity index (χ1n) is 10.5. The lowest BCUT2D eigenvalue weighted by Gasteiger charge is -2.28. The molecule has 5 nitrogen and oxygen atoms in total. The van der Waals surface area contributed by atoms with E-state index in [1.54, 1.807) is 24.3 Å². The highest BCUT2D eigenvalue weighted by molar-refractivity contribution is 7.92. The fourth-order valence-electron chi connectivity index (χ4n) is 5.02. The van der Waals surface area contributed by atoms with E-state index in [0.717, 1.165) is 29.5 Å². The first-order chi connectivity index (χ1) is 14.3. The molecule has 0 saturated heterocycles. The molecule has 2 aliphatic rings. The molecule has 0 heterocycles. The Morgan fingerprint density at radius 1 is 1.07 bits per heavy atom. The lowest BCUT2D eigenvalue weighted by atomic mass is 9.84. The highest BCUT2D eigenvalue weighted by atomic mass is 32.2. The van der Waals surface area contributed by atoms with Crippen LogP contribution in [0.25, 0.3) is 0 Å². The Kier molecular flexibility index (Phi) is 5.82. The van der Waals surface area contributed by atoms with Gasteiger partial charge in [-0.2, -0.15) is 0 Å². The van der Waals surface area contributed by atoms with Gasteiger partial charge in [-0.05, 0) is 85.9 Å². The summed E-state index contributed by atoms with van der Waals surface area (Å²) >= 11 is 0. The molecule has 0 aliphatic heterocycles. The predicted octanol–water partition coefficient (Wildman–Crippen LogP) is 4.11. The molecule has 2 fully saturated rings. The number of amides is 1. The van der Waals surface area contributed by atoms with E-state index in [-0.39, 0.29) is 23.3 Å². The van der Waals surface area contributed by atoms with Gasteiger partial charge in [-0.15, -0.1) is 0 Å². The van der Waals surface area contributed by atoms with Gasteiger partial charge in [-0.25, -0.2) is 12.8 Å². The molecule has 2 N–H and O–H groups in total. The molecule has 4 rings (SSSR count). The molecule has 2 aromatic rings. The average molecular weight is 431 g/mol. The lowest BCUT2D eigenvalue weighted by molar-refractivity contribution is -0.121. The quantitative estimate of drug-likeness (QED) is 0.694. The topological polar surface area (TPSA) is 75.3 Å². The van der Waals surface area contributed by atoms with Crippen molar-refractivity contribution in [1.29, 1.82) is 0 Å². The summed E-state index contributed by atoms with van der Waals surface area (Å²) in [4.78, 5) is 12.4. The molecule has 2 bridgehead atoms. The zero-order chi connectivity index (χ0) is 21.3. The predicted molar refractivity (Wildman–Crippen MR) is 114 cm³/mol. The van der Waals surface area contributed by atoms with Gasteiger partial charge in [0.25, 0.3) is 10.0 Å². The molecule has 0 unspecified atom stereocenters. The molecular formula is C23H27FN2O3S. The van der Waals surface area contributed by atoms with E-state index in [2.05, 4.69) is 17.0 Å². The molecule has 2 saturated carbocycles. The minimum atomic E-state index is -3.79. The Morgan fingerprint density at radius 2 is 1.77 bits per heavy atom. The smallest absolute Gasteiger partial charge is 0.261 e. The number of carbonyl (C=O) groups is 1. The van der Waals surface area contributed by atoms with Crippen LogP contribution >= 0.6 is 0 Å². The fourth-order valence-corrected chi connectivity index (χ4v) is 6.08. The van der Waals surface area contributed by atoms with Crippen LogP contribution in [0, 0.1) is 23.6 Å². The summed E-state index contributed by atoms with van der Waals surface area (Å²) in [5, 5.41) is 3.15. The highest BCUT2D eigenvalue weighted by Gasteiger charge is 2.42. The largest absolute Gasteiger partial charge is 0.353 e. The van der Waals surface area contributed by atoms with Crippen molar-refractivity contribution in [2.75, 3.05) is 4.72 Å². The van der Waals surface area contributed by atoms with Crippen LogP contribution in [0.15, 0.2) is 53.4 Å². The summed E-state index contributed by atoms with van der Waals surface area (Å²) < 4.78 is 40.2. The molecule has 0 radical (unpaired) electrons. The molecule has 7 heteroatoms. The van der Waals surface area contributed by atoms with Crippen molar-refractivity contribution in [3.8, 4) is 0 Å². The highest BCUT2D eigenvalue weighted by Crippen LogP contribution is 2.49. The summed E-state index contributed by atoms with van der Waals surface area (Å²) in [6.07, 6.45) is 5.45. The second-order valence-corrected chi connectivity index (χ2v) is 10.3. The molecule has 0 spiro atoms. The number of anilines is 1. The van der Waals surface area contributed by atoms with Crippen LogP contribution in [0.1, 0.15) is 38.2 Å². The summed E-state index contributed by atoms with van der Waals surface area (Å²) in [6.45, 7) is 2.11. The SMILES string of the molecule is C[C@H](NC(=O)Cc1ccc(NS(=O)(=O)c2ccc(F)cc2)cc1)[C@@H]1C[C@@H]2CC[C@@H]1C2. The first kappa shape index (κ1) is 20.8. The van der Waals surface area contributed by atoms with Crippen molar-refractivity contribution < 1.29 is 17.6 Å². The van der Waals surface area contributed by atoms with E-state index in [9.17, 15) is 17.6 Å². The average Bonchev–Trinajstić information content (AvgIpc) is 3.33.